The first-order chi connectivity index (χ1) is 9.61. The molecule has 118 valence electrons. The van der Waals surface area contributed by atoms with Crippen molar-refractivity contribution in [3.63, 3.8) is 0 Å². The summed E-state index contributed by atoms with van der Waals surface area (Å²) in [5.41, 5.74) is 0. The van der Waals surface area contributed by atoms with Gasteiger partial charge in [-0.3, -0.25) is 0 Å². The Bertz CT molecular complexity index is 369. The molecule has 2 rings (SSSR count). The molecule has 0 amide bonds. The summed E-state index contributed by atoms with van der Waals surface area (Å²) in [6, 6.07) is 0.635. The van der Waals surface area contributed by atoms with Crippen LogP contribution in [0.5, 0.6) is 0 Å². The van der Waals surface area contributed by atoms with Gasteiger partial charge in [0.25, 0.3) is 0 Å². The van der Waals surface area contributed by atoms with Crippen LogP contribution in [0.3, 0.4) is 0 Å². The van der Waals surface area contributed by atoms with E-state index in [1.54, 1.807) is 0 Å². The van der Waals surface area contributed by atoms with Crippen molar-refractivity contribution in [2.45, 2.75) is 51.5 Å². The van der Waals surface area contributed by atoms with Crippen molar-refractivity contribution in [2.24, 2.45) is 5.92 Å². The second-order valence-corrected chi connectivity index (χ2v) is 8.71. The van der Waals surface area contributed by atoms with Crippen molar-refractivity contribution in [2.75, 3.05) is 37.7 Å². The molecule has 0 aromatic carbocycles. The summed E-state index contributed by atoms with van der Waals surface area (Å²) in [6.07, 6.45) is 7.80. The normalized spacial score (nSPS) is 31.9. The molecule has 0 spiro atoms. The molecule has 0 aromatic rings. The third-order valence-electron chi connectivity index (χ3n) is 4.75. The number of hydrogen-bond donors (Lipinski definition) is 1. The Hall–Kier alpha value is -0.130. The fraction of sp³-hybridized carbons (Fsp3) is 1.00. The van der Waals surface area contributed by atoms with Gasteiger partial charge in [-0.2, -0.15) is 0 Å². The minimum Gasteiger partial charge on any atom is -0.314 e. The van der Waals surface area contributed by atoms with E-state index in [4.69, 9.17) is 0 Å². The lowest BCUT2D eigenvalue weighted by Gasteiger charge is -2.34. The Kier molecular flexibility index (Phi) is 6.30. The fourth-order valence-corrected chi connectivity index (χ4v) is 4.74. The van der Waals surface area contributed by atoms with E-state index in [1.165, 1.54) is 38.5 Å². The van der Waals surface area contributed by atoms with Gasteiger partial charge in [-0.05, 0) is 31.7 Å². The Balaban J connectivity index is 1.87. The van der Waals surface area contributed by atoms with Gasteiger partial charge in [0.05, 0.1) is 11.5 Å². The summed E-state index contributed by atoms with van der Waals surface area (Å²) < 4.78 is 23.0. The summed E-state index contributed by atoms with van der Waals surface area (Å²) in [6.45, 7) is 5.87. The van der Waals surface area contributed by atoms with Crippen LogP contribution < -0.4 is 5.32 Å². The highest BCUT2D eigenvalue weighted by molar-refractivity contribution is 7.91. The summed E-state index contributed by atoms with van der Waals surface area (Å²) in [7, 11) is -2.75. The zero-order valence-corrected chi connectivity index (χ0v) is 13.6. The number of sulfone groups is 1. The predicted octanol–water partition coefficient (Wildman–Crippen LogP) is 1.67. The highest BCUT2D eigenvalue weighted by Gasteiger charge is 2.28. The van der Waals surface area contributed by atoms with E-state index in [-0.39, 0.29) is 0 Å². The molecule has 1 aliphatic carbocycles. The summed E-state index contributed by atoms with van der Waals surface area (Å²) in [5.74, 6) is 1.41. The SMILES string of the molecule is CCCNC1CCCCCC1CN1CCS(=O)(=O)CC1. The highest BCUT2D eigenvalue weighted by atomic mass is 32.2. The zero-order valence-electron chi connectivity index (χ0n) is 12.8. The first-order valence-electron chi connectivity index (χ1n) is 8.27. The summed E-state index contributed by atoms with van der Waals surface area (Å²) in [5, 5.41) is 3.72. The van der Waals surface area contributed by atoms with Crippen LogP contribution in [0.25, 0.3) is 0 Å². The van der Waals surface area contributed by atoms with Crippen LogP contribution in [0.15, 0.2) is 0 Å². The molecule has 1 aliphatic heterocycles. The topological polar surface area (TPSA) is 49.4 Å². The lowest BCUT2D eigenvalue weighted by atomic mass is 9.94. The van der Waals surface area contributed by atoms with Gasteiger partial charge in [-0.1, -0.05) is 26.2 Å². The molecule has 2 fully saturated rings. The molecule has 0 aromatic heterocycles. The van der Waals surface area contributed by atoms with Crippen LogP contribution in [-0.2, 0) is 9.84 Å². The molecule has 20 heavy (non-hydrogen) atoms. The summed E-state index contributed by atoms with van der Waals surface area (Å²) >= 11 is 0. The second-order valence-electron chi connectivity index (χ2n) is 6.41. The maximum Gasteiger partial charge on any atom is 0.152 e. The van der Waals surface area contributed by atoms with Gasteiger partial charge in [-0.25, -0.2) is 8.42 Å². The van der Waals surface area contributed by atoms with Gasteiger partial charge in [0.1, 0.15) is 0 Å². The number of nitrogens with one attached hydrogen (secondary N) is 1. The maximum atomic E-state index is 11.5. The Morgan fingerprint density at radius 2 is 1.80 bits per heavy atom. The lowest BCUT2D eigenvalue weighted by molar-refractivity contribution is 0.205. The largest absolute Gasteiger partial charge is 0.314 e. The Labute approximate surface area is 124 Å². The molecular weight excluding hydrogens is 272 g/mol. The predicted molar refractivity (Wildman–Crippen MR) is 83.8 cm³/mol. The van der Waals surface area contributed by atoms with E-state index >= 15 is 0 Å². The van der Waals surface area contributed by atoms with Crippen molar-refractivity contribution in [3.8, 4) is 0 Å². The molecular formula is C15H30N2O2S. The average molecular weight is 302 g/mol. The standard InChI is InChI=1S/C15H30N2O2S/c1-2-8-16-15-7-5-3-4-6-14(15)13-17-9-11-20(18,19)12-10-17/h14-16H,2-13H2,1H3. The molecule has 5 heteroatoms. The molecule has 0 radical (unpaired) electrons. The van der Waals surface area contributed by atoms with Crippen molar-refractivity contribution in [1.82, 2.24) is 10.2 Å². The number of rotatable bonds is 5. The van der Waals surface area contributed by atoms with E-state index in [0.29, 0.717) is 23.5 Å². The molecule has 1 heterocycles. The lowest BCUT2D eigenvalue weighted by Crippen LogP contribution is -2.47. The molecule has 1 saturated carbocycles. The molecule has 2 aliphatic rings. The first kappa shape index (κ1) is 16.2. The third-order valence-corrected chi connectivity index (χ3v) is 6.35. The van der Waals surface area contributed by atoms with Gasteiger partial charge in [0.2, 0.25) is 0 Å². The van der Waals surface area contributed by atoms with Crippen molar-refractivity contribution >= 4 is 9.84 Å². The molecule has 1 N–H and O–H groups in total. The van der Waals surface area contributed by atoms with Crippen LogP contribution in [-0.4, -0.2) is 57.0 Å². The minimum absolute atomic E-state index is 0.354. The van der Waals surface area contributed by atoms with Gasteiger partial charge in [-0.15, -0.1) is 0 Å². The molecule has 0 bridgehead atoms. The van der Waals surface area contributed by atoms with Gasteiger partial charge in [0, 0.05) is 25.7 Å². The maximum absolute atomic E-state index is 11.5. The van der Waals surface area contributed by atoms with Crippen LogP contribution in [0.4, 0.5) is 0 Å². The van der Waals surface area contributed by atoms with Crippen molar-refractivity contribution in [1.29, 1.82) is 0 Å². The molecule has 2 unspecified atom stereocenters. The zero-order chi connectivity index (χ0) is 14.4. The van der Waals surface area contributed by atoms with Crippen molar-refractivity contribution in [3.05, 3.63) is 0 Å². The van der Waals surface area contributed by atoms with Gasteiger partial charge >= 0.3 is 0 Å². The summed E-state index contributed by atoms with van der Waals surface area (Å²) in [4.78, 5) is 2.37. The van der Waals surface area contributed by atoms with E-state index in [2.05, 4.69) is 17.1 Å². The average Bonchev–Trinajstić information content (AvgIpc) is 2.64. The smallest absolute Gasteiger partial charge is 0.152 e. The Morgan fingerprint density at radius 1 is 1.10 bits per heavy atom. The van der Waals surface area contributed by atoms with Crippen molar-refractivity contribution < 1.29 is 8.42 Å². The third kappa shape index (κ3) is 5.01. The first-order valence-corrected chi connectivity index (χ1v) is 10.1. The van der Waals surface area contributed by atoms with Crippen LogP contribution >= 0.6 is 0 Å². The van der Waals surface area contributed by atoms with E-state index in [9.17, 15) is 8.42 Å². The highest BCUT2D eigenvalue weighted by Crippen LogP contribution is 2.25. The van der Waals surface area contributed by atoms with Crippen LogP contribution in [0, 0.1) is 5.92 Å². The monoisotopic (exact) mass is 302 g/mol. The number of hydrogen-bond acceptors (Lipinski definition) is 4. The fourth-order valence-electron chi connectivity index (χ4n) is 3.47. The van der Waals surface area contributed by atoms with Gasteiger partial charge < -0.3 is 10.2 Å². The Morgan fingerprint density at radius 3 is 2.50 bits per heavy atom. The second kappa shape index (κ2) is 7.76. The van der Waals surface area contributed by atoms with Gasteiger partial charge in [0.15, 0.2) is 9.84 Å². The van der Waals surface area contributed by atoms with E-state index < -0.39 is 9.84 Å². The van der Waals surface area contributed by atoms with Crippen LogP contribution in [0.1, 0.15) is 45.4 Å². The quantitative estimate of drug-likeness (QED) is 0.785. The van der Waals surface area contributed by atoms with Crippen LogP contribution in [0.2, 0.25) is 0 Å². The van der Waals surface area contributed by atoms with E-state index in [1.807, 2.05) is 0 Å². The molecule has 2 atom stereocenters. The molecule has 1 saturated heterocycles. The minimum atomic E-state index is -2.75. The van der Waals surface area contributed by atoms with E-state index in [0.717, 1.165) is 26.2 Å². The molecule has 4 nitrogen and oxygen atoms in total. The number of nitrogens with zero attached hydrogens (tertiary/aromatic N) is 1.